The molecule has 2 aromatic heterocycles. The summed E-state index contributed by atoms with van der Waals surface area (Å²) >= 11 is 1.41. The quantitative estimate of drug-likeness (QED) is 0.241. The maximum absolute atomic E-state index is 12.7. The van der Waals surface area contributed by atoms with Crippen LogP contribution in [0.5, 0.6) is 5.75 Å². The third-order valence-electron chi connectivity index (χ3n) is 7.06. The second-order valence-corrected chi connectivity index (χ2v) is 11.0. The third-order valence-corrected chi connectivity index (χ3v) is 8.16. The normalized spacial score (nSPS) is 14.2. The van der Waals surface area contributed by atoms with Gasteiger partial charge >= 0.3 is 0 Å². The second-order valence-electron chi connectivity index (χ2n) is 9.93. The number of piperidine rings is 1. The number of nitrogens with one attached hydrogen (secondary N) is 2. The smallest absolute Gasteiger partial charge is 0.261 e. The van der Waals surface area contributed by atoms with Gasteiger partial charge in [0.15, 0.2) is 0 Å². The molecule has 1 amide bonds. The van der Waals surface area contributed by atoms with E-state index in [0.717, 1.165) is 72.9 Å². The minimum atomic E-state index is -0.135. The van der Waals surface area contributed by atoms with Crippen LogP contribution in [0.15, 0.2) is 72.9 Å². The van der Waals surface area contributed by atoms with E-state index in [1.54, 1.807) is 13.3 Å². The molecule has 0 unspecified atom stereocenters. The number of amides is 1. The number of benzene rings is 2. The van der Waals surface area contributed by atoms with E-state index < -0.39 is 0 Å². The molecule has 0 atom stereocenters. The van der Waals surface area contributed by atoms with Crippen LogP contribution in [0.1, 0.15) is 33.6 Å². The molecule has 4 aromatic rings. The number of rotatable bonds is 11. The largest absolute Gasteiger partial charge is 0.497 e. The summed E-state index contributed by atoms with van der Waals surface area (Å²) in [6.07, 6.45) is 5.04. The molecule has 0 bridgehead atoms. The molecular formula is C31H35N5O3S. The molecule has 0 saturated carbocycles. The van der Waals surface area contributed by atoms with Crippen LogP contribution >= 0.6 is 11.3 Å². The number of ether oxygens (including phenoxy) is 1. The van der Waals surface area contributed by atoms with Gasteiger partial charge in [0.2, 0.25) is 5.95 Å². The Balaban J connectivity index is 1.12. The predicted molar refractivity (Wildman–Crippen MR) is 159 cm³/mol. The molecule has 0 spiro atoms. The van der Waals surface area contributed by atoms with Crippen molar-refractivity contribution >= 4 is 28.9 Å². The summed E-state index contributed by atoms with van der Waals surface area (Å²) in [5.41, 5.74) is 4.07. The van der Waals surface area contributed by atoms with Crippen LogP contribution in [0.25, 0.3) is 10.6 Å². The maximum atomic E-state index is 12.7. The molecule has 5 rings (SSSR count). The fourth-order valence-electron chi connectivity index (χ4n) is 4.70. The highest BCUT2D eigenvalue weighted by Gasteiger charge is 2.16. The number of likely N-dealkylation sites (tertiary alicyclic amines) is 1. The molecule has 1 saturated heterocycles. The Labute approximate surface area is 239 Å². The van der Waals surface area contributed by atoms with Crippen molar-refractivity contribution in [3.63, 3.8) is 0 Å². The average Bonchev–Trinajstić information content (AvgIpc) is 3.49. The molecule has 0 aliphatic carbocycles. The van der Waals surface area contributed by atoms with Gasteiger partial charge in [-0.3, -0.25) is 4.79 Å². The first kappa shape index (κ1) is 27.8. The lowest BCUT2D eigenvalue weighted by atomic mass is 10.1. The van der Waals surface area contributed by atoms with E-state index in [1.165, 1.54) is 16.9 Å². The monoisotopic (exact) mass is 557 g/mol. The third kappa shape index (κ3) is 7.65. The molecule has 1 aliphatic rings. The van der Waals surface area contributed by atoms with Crippen molar-refractivity contribution in [2.75, 3.05) is 38.6 Å². The van der Waals surface area contributed by atoms with Gasteiger partial charge in [-0.2, -0.15) is 0 Å². The number of aromatic nitrogens is 2. The molecule has 3 N–H and O–H groups in total. The van der Waals surface area contributed by atoms with E-state index in [2.05, 4.69) is 37.6 Å². The van der Waals surface area contributed by atoms with E-state index in [-0.39, 0.29) is 12.0 Å². The molecule has 1 fully saturated rings. The Hall–Kier alpha value is -3.79. The first-order valence-corrected chi connectivity index (χ1v) is 14.5. The Morgan fingerprint density at radius 3 is 2.67 bits per heavy atom. The molecule has 9 heteroatoms. The lowest BCUT2D eigenvalue weighted by Crippen LogP contribution is -2.37. The van der Waals surface area contributed by atoms with Crippen LogP contribution in [0.2, 0.25) is 0 Å². The van der Waals surface area contributed by atoms with Crippen molar-refractivity contribution in [3.05, 3.63) is 88.9 Å². The van der Waals surface area contributed by atoms with Crippen LogP contribution in [0.4, 0.5) is 11.6 Å². The molecule has 1 aliphatic heterocycles. The summed E-state index contributed by atoms with van der Waals surface area (Å²) in [7, 11) is 1.65. The number of nitrogens with zero attached hydrogens (tertiary/aromatic N) is 3. The second kappa shape index (κ2) is 13.5. The Morgan fingerprint density at radius 2 is 1.88 bits per heavy atom. The molecule has 208 valence electrons. The van der Waals surface area contributed by atoms with Gasteiger partial charge in [-0.15, -0.1) is 11.3 Å². The number of carbonyl (C=O) groups excluding carboxylic acids is 1. The van der Waals surface area contributed by atoms with Crippen molar-refractivity contribution < 1.29 is 14.6 Å². The van der Waals surface area contributed by atoms with E-state index in [0.29, 0.717) is 17.4 Å². The SMILES string of the molecule is COc1cccc(CCNC(=O)c2ccc(-c3ccnc(Nc4ccc(CCN5CCC(O)CC5)cc4)n3)s2)c1. The van der Waals surface area contributed by atoms with Gasteiger partial charge in [-0.1, -0.05) is 24.3 Å². The Bertz CT molecular complexity index is 1400. The number of hydrogen-bond donors (Lipinski definition) is 3. The summed E-state index contributed by atoms with van der Waals surface area (Å²) in [4.78, 5) is 25.7. The average molecular weight is 558 g/mol. The van der Waals surface area contributed by atoms with Crippen LogP contribution in [-0.2, 0) is 12.8 Å². The summed E-state index contributed by atoms with van der Waals surface area (Å²) in [5.74, 6) is 1.23. The lowest BCUT2D eigenvalue weighted by Gasteiger charge is -2.29. The maximum Gasteiger partial charge on any atom is 0.261 e. The fraction of sp³-hybridized carbons (Fsp3) is 0.323. The predicted octanol–water partition coefficient (Wildman–Crippen LogP) is 4.93. The summed E-state index contributed by atoms with van der Waals surface area (Å²) in [5, 5.41) is 16.0. The van der Waals surface area contributed by atoms with Gasteiger partial charge in [0.25, 0.3) is 5.91 Å². The topological polar surface area (TPSA) is 99.6 Å². The van der Waals surface area contributed by atoms with Gasteiger partial charge in [-0.25, -0.2) is 9.97 Å². The number of aliphatic hydroxyl groups excluding tert-OH is 1. The van der Waals surface area contributed by atoms with E-state index in [4.69, 9.17) is 4.74 Å². The zero-order valence-corrected chi connectivity index (χ0v) is 23.5. The van der Waals surface area contributed by atoms with E-state index in [9.17, 15) is 9.90 Å². The molecule has 2 aromatic carbocycles. The summed E-state index contributed by atoms with van der Waals surface area (Å²) < 4.78 is 5.27. The summed E-state index contributed by atoms with van der Waals surface area (Å²) in [6, 6.07) is 21.8. The minimum Gasteiger partial charge on any atom is -0.497 e. The minimum absolute atomic E-state index is 0.0930. The highest BCUT2D eigenvalue weighted by atomic mass is 32.1. The Kier molecular flexibility index (Phi) is 9.38. The molecule has 3 heterocycles. The first-order valence-electron chi connectivity index (χ1n) is 13.7. The van der Waals surface area contributed by atoms with Gasteiger partial charge in [-0.05, 0) is 79.3 Å². The van der Waals surface area contributed by atoms with Crippen LogP contribution in [0.3, 0.4) is 0 Å². The lowest BCUT2D eigenvalue weighted by molar-refractivity contribution is 0.0832. The number of aliphatic hydroxyl groups is 1. The standard InChI is InChI=1S/C31H35N5O3S/c1-39-26-4-2-3-23(21-26)11-16-32-30(38)29-10-9-28(40-29)27-12-17-33-31(35-27)34-24-7-5-22(6-8-24)13-18-36-19-14-25(37)15-20-36/h2-10,12,17,21,25,37H,11,13-16,18-20H2,1H3,(H,32,38)(H,33,34,35). The van der Waals surface area contributed by atoms with Gasteiger partial charge < -0.3 is 25.4 Å². The van der Waals surface area contributed by atoms with Crippen molar-refractivity contribution in [1.29, 1.82) is 0 Å². The van der Waals surface area contributed by atoms with Crippen molar-refractivity contribution in [2.24, 2.45) is 0 Å². The van der Waals surface area contributed by atoms with E-state index in [1.807, 2.05) is 54.6 Å². The van der Waals surface area contributed by atoms with Crippen molar-refractivity contribution in [3.8, 4) is 16.3 Å². The van der Waals surface area contributed by atoms with Gasteiger partial charge in [0.1, 0.15) is 5.75 Å². The van der Waals surface area contributed by atoms with Crippen LogP contribution in [0, 0.1) is 0 Å². The fourth-order valence-corrected chi connectivity index (χ4v) is 5.60. The summed E-state index contributed by atoms with van der Waals surface area (Å²) in [6.45, 7) is 3.49. The number of hydrogen-bond acceptors (Lipinski definition) is 8. The Morgan fingerprint density at radius 1 is 1.05 bits per heavy atom. The molecule has 40 heavy (non-hydrogen) atoms. The zero-order chi connectivity index (χ0) is 27.7. The number of thiophene rings is 1. The number of carbonyl (C=O) groups is 1. The highest BCUT2D eigenvalue weighted by molar-refractivity contribution is 7.17. The number of anilines is 2. The zero-order valence-electron chi connectivity index (χ0n) is 22.7. The van der Waals surface area contributed by atoms with Crippen molar-refractivity contribution in [1.82, 2.24) is 20.2 Å². The van der Waals surface area contributed by atoms with Gasteiger partial charge in [0.05, 0.1) is 28.7 Å². The van der Waals surface area contributed by atoms with Gasteiger partial charge in [0, 0.05) is 38.1 Å². The molecule has 8 nitrogen and oxygen atoms in total. The highest BCUT2D eigenvalue weighted by Crippen LogP contribution is 2.27. The molecular weight excluding hydrogens is 522 g/mol. The molecule has 0 radical (unpaired) electrons. The number of methoxy groups -OCH3 is 1. The van der Waals surface area contributed by atoms with E-state index >= 15 is 0 Å². The first-order chi connectivity index (χ1) is 19.6. The van der Waals surface area contributed by atoms with Crippen LogP contribution < -0.4 is 15.4 Å². The van der Waals surface area contributed by atoms with Crippen molar-refractivity contribution in [2.45, 2.75) is 31.8 Å². The van der Waals surface area contributed by atoms with Crippen LogP contribution in [-0.4, -0.2) is 65.3 Å².